The number of esters is 1. The van der Waals surface area contributed by atoms with E-state index in [-0.39, 0.29) is 17.4 Å². The Hall–Kier alpha value is -3.70. The zero-order valence-electron chi connectivity index (χ0n) is 21.8. The number of fused-ring (bicyclic) bond motifs is 3. The second kappa shape index (κ2) is 10.7. The van der Waals surface area contributed by atoms with Crippen LogP contribution in [0.5, 0.6) is 11.5 Å². The first-order valence-electron chi connectivity index (χ1n) is 12.9. The van der Waals surface area contributed by atoms with Crippen molar-refractivity contribution in [2.75, 3.05) is 13.7 Å². The van der Waals surface area contributed by atoms with Crippen molar-refractivity contribution in [1.82, 2.24) is 4.57 Å². The summed E-state index contributed by atoms with van der Waals surface area (Å²) in [5.74, 6) is 0.0591. The van der Waals surface area contributed by atoms with Crippen LogP contribution < -0.4 is 19.6 Å². The van der Waals surface area contributed by atoms with E-state index in [0.29, 0.717) is 30.8 Å². The highest BCUT2D eigenvalue weighted by Gasteiger charge is 2.32. The lowest BCUT2D eigenvalue weighted by atomic mass is 9.83. The van der Waals surface area contributed by atoms with Gasteiger partial charge in [0, 0.05) is 5.56 Å². The molecule has 0 radical (unpaired) electrons. The van der Waals surface area contributed by atoms with Crippen LogP contribution in [0, 0.1) is 3.57 Å². The van der Waals surface area contributed by atoms with Crippen LogP contribution >= 0.6 is 33.9 Å². The molecule has 2 aliphatic rings. The van der Waals surface area contributed by atoms with Gasteiger partial charge >= 0.3 is 5.97 Å². The first-order chi connectivity index (χ1) is 19.4. The summed E-state index contributed by atoms with van der Waals surface area (Å²) >= 11 is 3.40. The molecular formula is C31H25IN2O5S. The highest BCUT2D eigenvalue weighted by molar-refractivity contribution is 14.1. The van der Waals surface area contributed by atoms with E-state index < -0.39 is 5.97 Å². The van der Waals surface area contributed by atoms with Crippen molar-refractivity contribution < 1.29 is 19.4 Å². The number of ether oxygens (including phenoxy) is 2. The molecule has 0 unspecified atom stereocenters. The van der Waals surface area contributed by atoms with E-state index in [1.165, 1.54) is 24.0 Å². The first-order valence-corrected chi connectivity index (χ1v) is 14.8. The quantitative estimate of drug-likeness (QED) is 0.245. The number of allylic oxidation sites excluding steroid dienone is 1. The van der Waals surface area contributed by atoms with Crippen molar-refractivity contribution in [1.29, 1.82) is 0 Å². The SMILES string of the molecule is CCOc1cc(/C=c2/sc3n(c2=O)[C@@H](c2ccc(C(=O)OC)cc2)C2=C(N=3)c3ccccc3CC2)cc(I)c1O. The standard InChI is InChI=1S/C31H25IN2O5S/c1-3-39-24-15-17(14-23(32)28(24)35)16-25-29(36)34-27(19-8-10-20(11-9-19)30(37)38-2)22-13-12-18-6-4-5-7-21(18)26(22)33-31(34)40-25/h4-11,14-16,27,35H,3,12-13H2,1-2H3/b25-16+/t27-/m0/s1. The van der Waals surface area contributed by atoms with Crippen LogP contribution in [-0.2, 0) is 11.2 Å². The summed E-state index contributed by atoms with van der Waals surface area (Å²) in [6.45, 7) is 2.27. The van der Waals surface area contributed by atoms with Gasteiger partial charge in [0.1, 0.15) is 0 Å². The van der Waals surface area contributed by atoms with E-state index in [2.05, 4.69) is 34.7 Å². The molecule has 0 fully saturated rings. The van der Waals surface area contributed by atoms with E-state index in [1.54, 1.807) is 22.8 Å². The molecule has 7 nitrogen and oxygen atoms in total. The summed E-state index contributed by atoms with van der Waals surface area (Å²) in [6, 6.07) is 18.7. The molecule has 3 aromatic carbocycles. The number of hydrogen-bond acceptors (Lipinski definition) is 7. The molecule has 4 aromatic rings. The van der Waals surface area contributed by atoms with Crippen LogP contribution in [0.1, 0.15) is 52.0 Å². The lowest BCUT2D eigenvalue weighted by Crippen LogP contribution is -2.38. The summed E-state index contributed by atoms with van der Waals surface area (Å²) in [4.78, 5) is 31.7. The summed E-state index contributed by atoms with van der Waals surface area (Å²) in [7, 11) is 1.36. The molecular weight excluding hydrogens is 639 g/mol. The summed E-state index contributed by atoms with van der Waals surface area (Å²) in [5, 5.41) is 10.4. The van der Waals surface area contributed by atoms with Crippen molar-refractivity contribution in [2.45, 2.75) is 25.8 Å². The van der Waals surface area contributed by atoms with Gasteiger partial charge in [0.2, 0.25) is 0 Å². The maximum atomic E-state index is 14.0. The lowest BCUT2D eigenvalue weighted by Gasteiger charge is -2.30. The van der Waals surface area contributed by atoms with Crippen molar-refractivity contribution in [3.05, 3.63) is 117 Å². The van der Waals surface area contributed by atoms with E-state index >= 15 is 0 Å². The van der Waals surface area contributed by atoms with Gasteiger partial charge in [0.05, 0.1) is 39.1 Å². The van der Waals surface area contributed by atoms with Crippen LogP contribution in [0.4, 0.5) is 0 Å². The average molecular weight is 665 g/mol. The number of phenols is 1. The van der Waals surface area contributed by atoms with Gasteiger partial charge in [0.15, 0.2) is 16.3 Å². The number of nitrogens with zero attached hydrogens (tertiary/aromatic N) is 2. The molecule has 0 saturated heterocycles. The maximum Gasteiger partial charge on any atom is 0.337 e. The van der Waals surface area contributed by atoms with Crippen molar-refractivity contribution in [2.24, 2.45) is 4.99 Å². The van der Waals surface area contributed by atoms with Gasteiger partial charge < -0.3 is 14.6 Å². The largest absolute Gasteiger partial charge is 0.504 e. The number of carbonyl (C=O) groups is 1. The number of aromatic hydroxyl groups is 1. The third kappa shape index (κ3) is 4.56. The molecule has 202 valence electrons. The maximum absolute atomic E-state index is 14.0. The summed E-state index contributed by atoms with van der Waals surface area (Å²) in [5.41, 5.74) is 6.30. The van der Waals surface area contributed by atoms with Gasteiger partial charge in [0.25, 0.3) is 5.56 Å². The molecule has 40 heavy (non-hydrogen) atoms. The number of hydrogen-bond donors (Lipinski definition) is 1. The number of aromatic nitrogens is 1. The Bertz CT molecular complexity index is 1870. The van der Waals surface area contributed by atoms with Crippen molar-refractivity contribution in [3.8, 4) is 11.5 Å². The number of rotatable bonds is 5. The van der Waals surface area contributed by atoms with Crippen molar-refractivity contribution in [3.63, 3.8) is 0 Å². The Morgan fingerprint density at radius 2 is 1.95 bits per heavy atom. The van der Waals surface area contributed by atoms with E-state index in [0.717, 1.165) is 40.8 Å². The van der Waals surface area contributed by atoms with E-state index in [4.69, 9.17) is 14.5 Å². The van der Waals surface area contributed by atoms with Crippen LogP contribution in [0.25, 0.3) is 11.8 Å². The van der Waals surface area contributed by atoms with E-state index in [1.807, 2.05) is 43.3 Å². The van der Waals surface area contributed by atoms with E-state index in [9.17, 15) is 14.7 Å². The number of benzene rings is 3. The Kier molecular flexibility index (Phi) is 7.09. The molecule has 1 aliphatic carbocycles. The number of phenolic OH excluding ortho intramolecular Hbond substituents is 1. The molecule has 1 atom stereocenters. The molecule has 1 aromatic heterocycles. The molecule has 1 N–H and O–H groups in total. The fourth-order valence-electron chi connectivity index (χ4n) is 5.34. The van der Waals surface area contributed by atoms with Crippen LogP contribution in [0.3, 0.4) is 0 Å². The summed E-state index contributed by atoms with van der Waals surface area (Å²) < 4.78 is 13.4. The van der Waals surface area contributed by atoms with Crippen LogP contribution in [0.2, 0.25) is 0 Å². The Labute approximate surface area is 247 Å². The normalized spacial score (nSPS) is 16.1. The molecule has 0 amide bonds. The Morgan fingerprint density at radius 3 is 2.70 bits per heavy atom. The topological polar surface area (TPSA) is 90.1 Å². The molecule has 0 saturated carbocycles. The molecule has 0 spiro atoms. The number of thiazole rings is 1. The molecule has 2 heterocycles. The first kappa shape index (κ1) is 26.5. The minimum Gasteiger partial charge on any atom is -0.504 e. The summed E-state index contributed by atoms with van der Waals surface area (Å²) in [6.07, 6.45) is 3.46. The third-order valence-electron chi connectivity index (χ3n) is 7.17. The molecule has 6 rings (SSSR count). The molecule has 1 aliphatic heterocycles. The number of carbonyl (C=O) groups excluding carboxylic acids is 1. The van der Waals surface area contributed by atoms with Crippen molar-refractivity contribution >= 4 is 51.7 Å². The van der Waals surface area contributed by atoms with Gasteiger partial charge in [-0.2, -0.15) is 0 Å². The highest BCUT2D eigenvalue weighted by atomic mass is 127. The zero-order valence-corrected chi connectivity index (χ0v) is 24.8. The van der Waals surface area contributed by atoms with Gasteiger partial charge in [-0.05, 0) is 95.0 Å². The zero-order chi connectivity index (χ0) is 28.0. The van der Waals surface area contributed by atoms with Gasteiger partial charge in [-0.15, -0.1) is 0 Å². The lowest BCUT2D eigenvalue weighted by molar-refractivity contribution is 0.0600. The number of methoxy groups -OCH3 is 1. The minimum absolute atomic E-state index is 0.0859. The molecule has 0 bridgehead atoms. The smallest absolute Gasteiger partial charge is 0.337 e. The Balaban J connectivity index is 1.56. The second-order valence-corrected chi connectivity index (χ2v) is 11.7. The predicted octanol–water partition coefficient (Wildman–Crippen LogP) is 4.81. The Morgan fingerprint density at radius 1 is 1.18 bits per heavy atom. The second-order valence-electron chi connectivity index (χ2n) is 9.51. The number of aryl methyl sites for hydroxylation is 1. The average Bonchev–Trinajstić information content (AvgIpc) is 3.28. The van der Waals surface area contributed by atoms with Gasteiger partial charge in [-0.25, -0.2) is 9.79 Å². The van der Waals surface area contributed by atoms with Crippen LogP contribution in [0.15, 0.2) is 76.0 Å². The fourth-order valence-corrected chi connectivity index (χ4v) is 6.96. The number of halogens is 1. The minimum atomic E-state index is -0.406. The van der Waals surface area contributed by atoms with Gasteiger partial charge in [-0.1, -0.05) is 47.7 Å². The highest BCUT2D eigenvalue weighted by Crippen LogP contribution is 2.41. The third-order valence-corrected chi connectivity index (χ3v) is 8.97. The predicted molar refractivity (Wildman–Crippen MR) is 163 cm³/mol. The van der Waals surface area contributed by atoms with Gasteiger partial charge in [-0.3, -0.25) is 9.36 Å². The van der Waals surface area contributed by atoms with Crippen LogP contribution in [-0.4, -0.2) is 29.4 Å². The monoisotopic (exact) mass is 664 g/mol. The fraction of sp³-hybridized carbons (Fsp3) is 0.194. The molecule has 9 heteroatoms.